The zero-order chi connectivity index (χ0) is 49.3. The molecular formula is C62H112O6. The minimum absolute atomic E-state index is 0.0784. The van der Waals surface area contributed by atoms with E-state index in [2.05, 4.69) is 69.4 Å². The molecule has 0 aliphatic heterocycles. The molecule has 0 bridgehead atoms. The molecule has 0 rings (SSSR count). The van der Waals surface area contributed by atoms with E-state index in [9.17, 15) is 14.4 Å². The summed E-state index contributed by atoms with van der Waals surface area (Å²) in [4.78, 5) is 38.2. The van der Waals surface area contributed by atoms with Crippen LogP contribution >= 0.6 is 0 Å². The molecule has 6 nitrogen and oxygen atoms in total. The lowest BCUT2D eigenvalue weighted by atomic mass is 10.0. The fraction of sp³-hybridized carbons (Fsp3) is 0.823. The Balaban J connectivity index is 4.40. The van der Waals surface area contributed by atoms with Gasteiger partial charge in [0, 0.05) is 19.3 Å². The molecule has 0 saturated carbocycles. The van der Waals surface area contributed by atoms with Crippen LogP contribution < -0.4 is 0 Å². The Morgan fingerprint density at radius 3 is 0.853 bits per heavy atom. The van der Waals surface area contributed by atoms with Crippen molar-refractivity contribution in [3.8, 4) is 0 Å². The van der Waals surface area contributed by atoms with Crippen molar-refractivity contribution in [1.29, 1.82) is 0 Å². The van der Waals surface area contributed by atoms with Crippen molar-refractivity contribution >= 4 is 17.9 Å². The van der Waals surface area contributed by atoms with Gasteiger partial charge >= 0.3 is 17.9 Å². The van der Waals surface area contributed by atoms with Gasteiger partial charge in [0.1, 0.15) is 13.2 Å². The molecule has 0 amide bonds. The Labute approximate surface area is 422 Å². The molecule has 1 unspecified atom stereocenters. The van der Waals surface area contributed by atoms with E-state index in [4.69, 9.17) is 14.2 Å². The largest absolute Gasteiger partial charge is 0.462 e. The van der Waals surface area contributed by atoms with E-state index < -0.39 is 6.10 Å². The summed E-state index contributed by atoms with van der Waals surface area (Å²) < 4.78 is 16.9. The number of rotatable bonds is 54. The molecule has 0 aromatic carbocycles. The van der Waals surface area contributed by atoms with Crippen LogP contribution in [0, 0.1) is 0 Å². The molecule has 0 fully saturated rings. The van der Waals surface area contributed by atoms with Gasteiger partial charge in [-0.3, -0.25) is 14.4 Å². The van der Waals surface area contributed by atoms with Crippen LogP contribution in [-0.4, -0.2) is 37.2 Å². The monoisotopic (exact) mass is 953 g/mol. The lowest BCUT2D eigenvalue weighted by Crippen LogP contribution is -2.30. The summed E-state index contributed by atoms with van der Waals surface area (Å²) in [7, 11) is 0. The first-order chi connectivity index (χ1) is 33.5. The Bertz CT molecular complexity index is 1190. The lowest BCUT2D eigenvalue weighted by molar-refractivity contribution is -0.167. The van der Waals surface area contributed by atoms with E-state index in [-0.39, 0.29) is 31.1 Å². The minimum Gasteiger partial charge on any atom is -0.462 e. The van der Waals surface area contributed by atoms with E-state index in [0.29, 0.717) is 19.3 Å². The van der Waals surface area contributed by atoms with Gasteiger partial charge in [0.15, 0.2) is 6.10 Å². The molecule has 1 atom stereocenters. The van der Waals surface area contributed by atoms with Crippen LogP contribution in [0.25, 0.3) is 0 Å². The molecule has 0 heterocycles. The van der Waals surface area contributed by atoms with Crippen LogP contribution in [0.15, 0.2) is 48.6 Å². The van der Waals surface area contributed by atoms with Gasteiger partial charge in [-0.15, -0.1) is 0 Å². The van der Waals surface area contributed by atoms with E-state index in [1.54, 1.807) is 0 Å². The van der Waals surface area contributed by atoms with Gasteiger partial charge in [-0.1, -0.05) is 268 Å². The fourth-order valence-corrected chi connectivity index (χ4v) is 8.62. The van der Waals surface area contributed by atoms with Gasteiger partial charge in [-0.2, -0.15) is 0 Å². The van der Waals surface area contributed by atoms with Crippen molar-refractivity contribution in [1.82, 2.24) is 0 Å². The molecule has 68 heavy (non-hydrogen) atoms. The van der Waals surface area contributed by atoms with Crippen LogP contribution in [0.1, 0.15) is 310 Å². The molecule has 0 N–H and O–H groups in total. The molecule has 0 radical (unpaired) electrons. The third-order valence-corrected chi connectivity index (χ3v) is 13.1. The predicted octanol–water partition coefficient (Wildman–Crippen LogP) is 19.8. The summed E-state index contributed by atoms with van der Waals surface area (Å²) >= 11 is 0. The number of allylic oxidation sites excluding steroid dienone is 8. The summed E-state index contributed by atoms with van der Waals surface area (Å²) in [6.45, 7) is 6.64. The quantitative estimate of drug-likeness (QED) is 0.0199. The summed E-state index contributed by atoms with van der Waals surface area (Å²) in [5.74, 6) is -0.887. The van der Waals surface area contributed by atoms with Crippen molar-refractivity contribution in [3.05, 3.63) is 48.6 Å². The first-order valence-electron chi connectivity index (χ1n) is 29.7. The Morgan fingerprint density at radius 1 is 0.294 bits per heavy atom. The molecule has 0 aliphatic rings. The second kappa shape index (κ2) is 57.0. The summed E-state index contributed by atoms with van der Waals surface area (Å²) in [5.41, 5.74) is 0. The molecule has 0 saturated heterocycles. The summed E-state index contributed by atoms with van der Waals surface area (Å²) in [5, 5.41) is 0. The summed E-state index contributed by atoms with van der Waals surface area (Å²) in [6, 6.07) is 0. The third-order valence-electron chi connectivity index (χ3n) is 13.1. The number of esters is 3. The highest BCUT2D eigenvalue weighted by molar-refractivity contribution is 5.71. The van der Waals surface area contributed by atoms with Gasteiger partial charge < -0.3 is 14.2 Å². The van der Waals surface area contributed by atoms with Crippen molar-refractivity contribution in [2.45, 2.75) is 316 Å². The van der Waals surface area contributed by atoms with Crippen molar-refractivity contribution in [2.75, 3.05) is 13.2 Å². The predicted molar refractivity (Wildman–Crippen MR) is 293 cm³/mol. The maximum atomic E-state index is 12.9. The average Bonchev–Trinajstić information content (AvgIpc) is 3.34. The van der Waals surface area contributed by atoms with Crippen LogP contribution in [-0.2, 0) is 28.6 Å². The summed E-state index contributed by atoms with van der Waals surface area (Å²) in [6.07, 6.45) is 69.5. The van der Waals surface area contributed by atoms with Gasteiger partial charge in [-0.25, -0.2) is 0 Å². The van der Waals surface area contributed by atoms with Gasteiger partial charge in [0.05, 0.1) is 0 Å². The molecule has 0 aromatic heterocycles. The van der Waals surface area contributed by atoms with E-state index in [0.717, 1.165) is 77.0 Å². The number of carbonyl (C=O) groups excluding carboxylic acids is 3. The Hall–Kier alpha value is -2.63. The standard InChI is InChI=1S/C62H112O6/c1-4-7-10-13-16-19-22-25-28-30-32-34-37-40-43-46-49-52-55-61(64)67-58-59(57-66-60(63)54-51-48-45-42-39-36-33-27-24-21-18-15-12-9-6-3)68-62(65)56-53-50-47-44-41-38-35-31-29-26-23-20-17-14-11-8-5-2/h22,25-26,28-30,32,34,59H,4-21,23-24,27,31,33,35-58H2,1-3H3/b25-22-,29-26-,30-28-,34-32-. The van der Waals surface area contributed by atoms with Gasteiger partial charge in [0.25, 0.3) is 0 Å². The molecule has 0 aromatic rings. The molecule has 6 heteroatoms. The topological polar surface area (TPSA) is 78.9 Å². The lowest BCUT2D eigenvalue weighted by Gasteiger charge is -2.18. The smallest absolute Gasteiger partial charge is 0.306 e. The van der Waals surface area contributed by atoms with E-state index in [1.807, 2.05) is 0 Å². The minimum atomic E-state index is -0.782. The number of hydrogen-bond donors (Lipinski definition) is 0. The highest BCUT2D eigenvalue weighted by atomic mass is 16.6. The third kappa shape index (κ3) is 54.3. The number of carbonyl (C=O) groups is 3. The number of hydrogen-bond acceptors (Lipinski definition) is 6. The Morgan fingerprint density at radius 2 is 0.544 bits per heavy atom. The van der Waals surface area contributed by atoms with Crippen molar-refractivity contribution < 1.29 is 28.6 Å². The highest BCUT2D eigenvalue weighted by Gasteiger charge is 2.19. The second-order valence-corrected chi connectivity index (χ2v) is 20.0. The maximum Gasteiger partial charge on any atom is 0.306 e. The molecule has 396 valence electrons. The van der Waals surface area contributed by atoms with Crippen molar-refractivity contribution in [2.24, 2.45) is 0 Å². The average molecular weight is 954 g/mol. The molecular weight excluding hydrogens is 841 g/mol. The van der Waals surface area contributed by atoms with E-state index in [1.165, 1.54) is 193 Å². The molecule has 0 aliphatic carbocycles. The van der Waals surface area contributed by atoms with Crippen LogP contribution in [0.2, 0.25) is 0 Å². The normalized spacial score (nSPS) is 12.3. The maximum absolute atomic E-state index is 12.9. The van der Waals surface area contributed by atoms with Crippen LogP contribution in [0.4, 0.5) is 0 Å². The van der Waals surface area contributed by atoms with Crippen molar-refractivity contribution in [3.63, 3.8) is 0 Å². The van der Waals surface area contributed by atoms with Gasteiger partial charge in [0.2, 0.25) is 0 Å². The zero-order valence-corrected chi connectivity index (χ0v) is 45.4. The number of ether oxygens (including phenoxy) is 3. The van der Waals surface area contributed by atoms with Crippen LogP contribution in [0.3, 0.4) is 0 Å². The first-order valence-corrected chi connectivity index (χ1v) is 29.7. The second-order valence-electron chi connectivity index (χ2n) is 20.0. The fourth-order valence-electron chi connectivity index (χ4n) is 8.62. The number of unbranched alkanes of at least 4 members (excludes halogenated alkanes) is 37. The molecule has 0 spiro atoms. The Kier molecular flexibility index (Phi) is 54.8. The van der Waals surface area contributed by atoms with Gasteiger partial charge in [-0.05, 0) is 70.6 Å². The first kappa shape index (κ1) is 65.4. The highest BCUT2D eigenvalue weighted by Crippen LogP contribution is 2.16. The van der Waals surface area contributed by atoms with E-state index >= 15 is 0 Å². The zero-order valence-electron chi connectivity index (χ0n) is 45.4. The SMILES string of the molecule is CCCCCCC\C=C/C=C\C=C/CCCCCCCC(=O)OCC(COC(=O)CCCCCCCCCCCCCCCCC)OC(=O)CCCCCCCCC/C=C\CCCCCCCC. The van der Waals surface area contributed by atoms with Crippen LogP contribution in [0.5, 0.6) is 0 Å².